The summed E-state index contributed by atoms with van der Waals surface area (Å²) < 4.78 is 65.0. The molecule has 4 heterocycles. The smallest absolute Gasteiger partial charge is 0.406 e. The van der Waals surface area contributed by atoms with Crippen LogP contribution in [0.15, 0.2) is 30.6 Å². The number of nitrogens with zero attached hydrogens (tertiary/aromatic N) is 6. The van der Waals surface area contributed by atoms with Crippen LogP contribution in [0.25, 0.3) is 22.4 Å². The zero-order chi connectivity index (χ0) is 26.6. The van der Waals surface area contributed by atoms with Crippen molar-refractivity contribution < 1.29 is 27.0 Å². The Hall–Kier alpha value is -3.67. The van der Waals surface area contributed by atoms with Gasteiger partial charge in [0.1, 0.15) is 28.6 Å². The SMILES string of the molecule is Cc1nc2nc([C@H]3CCO[C@H](c4cnn(C5CC5)c4)C3)nc(-c3ccc(OC(F)(F)F)cc3F)c2nc1C. The number of alkyl halides is 3. The van der Waals surface area contributed by atoms with E-state index in [2.05, 4.69) is 19.8 Å². The lowest BCUT2D eigenvalue weighted by molar-refractivity contribution is -0.274. The van der Waals surface area contributed by atoms with E-state index in [1.165, 1.54) is 6.07 Å². The Kier molecular flexibility index (Phi) is 6.01. The van der Waals surface area contributed by atoms with Crippen LogP contribution >= 0.6 is 0 Å². The van der Waals surface area contributed by atoms with Crippen LogP contribution in [-0.2, 0) is 4.74 Å². The molecule has 6 rings (SSSR count). The van der Waals surface area contributed by atoms with E-state index < -0.39 is 17.9 Å². The molecule has 0 amide bonds. The highest BCUT2D eigenvalue weighted by atomic mass is 19.4. The Morgan fingerprint density at radius 3 is 2.55 bits per heavy atom. The highest BCUT2D eigenvalue weighted by molar-refractivity contribution is 5.87. The molecule has 8 nitrogen and oxygen atoms in total. The number of ether oxygens (including phenoxy) is 2. The molecule has 0 unspecified atom stereocenters. The van der Waals surface area contributed by atoms with Crippen molar-refractivity contribution in [2.24, 2.45) is 0 Å². The number of fused-ring (bicyclic) bond motifs is 1. The van der Waals surface area contributed by atoms with E-state index in [4.69, 9.17) is 14.7 Å². The average Bonchev–Trinajstić information content (AvgIpc) is 3.60. The van der Waals surface area contributed by atoms with Gasteiger partial charge in [0.2, 0.25) is 0 Å². The average molecular weight is 529 g/mol. The fourth-order valence-electron chi connectivity index (χ4n) is 4.71. The summed E-state index contributed by atoms with van der Waals surface area (Å²) in [6.07, 6.45) is 2.23. The monoisotopic (exact) mass is 528 g/mol. The lowest BCUT2D eigenvalue weighted by atomic mass is 9.92. The van der Waals surface area contributed by atoms with E-state index in [9.17, 15) is 13.2 Å². The van der Waals surface area contributed by atoms with Gasteiger partial charge in [-0.1, -0.05) is 0 Å². The number of hydrogen-bond donors (Lipinski definition) is 0. The molecule has 1 saturated heterocycles. The first-order chi connectivity index (χ1) is 18.1. The van der Waals surface area contributed by atoms with E-state index >= 15 is 4.39 Å². The van der Waals surface area contributed by atoms with Gasteiger partial charge in [-0.2, -0.15) is 5.10 Å². The van der Waals surface area contributed by atoms with E-state index in [0.717, 1.165) is 24.5 Å². The summed E-state index contributed by atoms with van der Waals surface area (Å²) in [7, 11) is 0. The van der Waals surface area contributed by atoms with Gasteiger partial charge in [-0.25, -0.2) is 24.3 Å². The van der Waals surface area contributed by atoms with Gasteiger partial charge in [-0.3, -0.25) is 4.68 Å². The van der Waals surface area contributed by atoms with Crippen LogP contribution < -0.4 is 4.74 Å². The first-order valence-corrected chi connectivity index (χ1v) is 12.4. The van der Waals surface area contributed by atoms with Crippen LogP contribution in [0.3, 0.4) is 0 Å². The fraction of sp³-hybridized carbons (Fsp3) is 0.423. The standard InChI is InChI=1S/C26H24F4N6O2/c1-13-14(2)33-25-23(32-13)22(19-6-5-18(10-20(19)27)38-26(28,29)30)34-24(35-25)15-7-8-37-21(9-15)16-11-31-36(12-16)17-3-4-17/h5-6,10-12,15,17,21H,3-4,7-9H2,1-2H3/t15-,21-/m0/s1. The summed E-state index contributed by atoms with van der Waals surface area (Å²) in [4.78, 5) is 18.5. The van der Waals surface area contributed by atoms with Crippen molar-refractivity contribution >= 4 is 11.2 Å². The summed E-state index contributed by atoms with van der Waals surface area (Å²) >= 11 is 0. The lowest BCUT2D eigenvalue weighted by Gasteiger charge is -2.28. The second kappa shape index (κ2) is 9.26. The first kappa shape index (κ1) is 24.7. The van der Waals surface area contributed by atoms with Crippen LogP contribution in [-0.4, -0.2) is 42.7 Å². The highest BCUT2D eigenvalue weighted by Gasteiger charge is 2.33. The van der Waals surface area contributed by atoms with Crippen LogP contribution in [0.5, 0.6) is 5.75 Å². The van der Waals surface area contributed by atoms with Crippen molar-refractivity contribution in [1.82, 2.24) is 29.7 Å². The maximum absolute atomic E-state index is 15.2. The van der Waals surface area contributed by atoms with E-state index in [1.54, 1.807) is 13.8 Å². The van der Waals surface area contributed by atoms with Gasteiger partial charge in [-0.15, -0.1) is 13.2 Å². The van der Waals surface area contributed by atoms with Gasteiger partial charge in [0.25, 0.3) is 0 Å². The summed E-state index contributed by atoms with van der Waals surface area (Å²) in [5, 5.41) is 4.47. The van der Waals surface area contributed by atoms with E-state index in [0.29, 0.717) is 54.4 Å². The molecule has 0 spiro atoms. The van der Waals surface area contributed by atoms with Crippen LogP contribution in [0.2, 0.25) is 0 Å². The maximum Gasteiger partial charge on any atom is 0.573 e. The van der Waals surface area contributed by atoms with Gasteiger partial charge < -0.3 is 9.47 Å². The predicted octanol–water partition coefficient (Wildman–Crippen LogP) is 5.91. The van der Waals surface area contributed by atoms with Gasteiger partial charge in [0.15, 0.2) is 5.65 Å². The summed E-state index contributed by atoms with van der Waals surface area (Å²) in [6, 6.07) is 3.41. The number of benzene rings is 1. The maximum atomic E-state index is 15.2. The second-order valence-corrected chi connectivity index (χ2v) is 9.75. The largest absolute Gasteiger partial charge is 0.573 e. The number of aryl methyl sites for hydroxylation is 2. The third-order valence-corrected chi connectivity index (χ3v) is 6.95. The Morgan fingerprint density at radius 1 is 1.03 bits per heavy atom. The Balaban J connectivity index is 1.39. The molecule has 1 saturated carbocycles. The first-order valence-electron chi connectivity index (χ1n) is 12.4. The van der Waals surface area contributed by atoms with Crippen molar-refractivity contribution in [1.29, 1.82) is 0 Å². The third-order valence-electron chi connectivity index (χ3n) is 6.95. The van der Waals surface area contributed by atoms with Gasteiger partial charge >= 0.3 is 6.36 Å². The quantitative estimate of drug-likeness (QED) is 0.298. The molecule has 2 atom stereocenters. The third kappa shape index (κ3) is 4.92. The Morgan fingerprint density at radius 2 is 1.82 bits per heavy atom. The van der Waals surface area contributed by atoms with E-state index in [1.807, 2.05) is 17.1 Å². The van der Waals surface area contributed by atoms with E-state index in [-0.39, 0.29) is 28.8 Å². The predicted molar refractivity (Wildman–Crippen MR) is 128 cm³/mol. The summed E-state index contributed by atoms with van der Waals surface area (Å²) in [6.45, 7) is 4.05. The van der Waals surface area contributed by atoms with Gasteiger partial charge in [0.05, 0.1) is 29.7 Å². The van der Waals surface area contributed by atoms with Crippen molar-refractivity contribution in [2.45, 2.75) is 64.0 Å². The molecule has 1 aromatic carbocycles. The number of rotatable bonds is 5. The second-order valence-electron chi connectivity index (χ2n) is 9.75. The molecule has 2 aliphatic rings. The molecular formula is C26H24F4N6O2. The van der Waals surface area contributed by atoms with Gasteiger partial charge in [-0.05, 0) is 51.7 Å². The molecule has 0 N–H and O–H groups in total. The molecule has 38 heavy (non-hydrogen) atoms. The number of hydrogen-bond acceptors (Lipinski definition) is 7. The summed E-state index contributed by atoms with van der Waals surface area (Å²) in [5.41, 5.74) is 3.00. The van der Waals surface area contributed by atoms with Crippen LogP contribution in [0.4, 0.5) is 17.6 Å². The number of aromatic nitrogens is 6. The molecule has 4 aromatic rings. The molecule has 1 aliphatic heterocycles. The Labute approximate surface area is 215 Å². The molecular weight excluding hydrogens is 504 g/mol. The normalized spacial score (nSPS) is 20.2. The fourth-order valence-corrected chi connectivity index (χ4v) is 4.71. The minimum absolute atomic E-state index is 0.0138. The Bertz CT molecular complexity index is 1520. The van der Waals surface area contributed by atoms with Crippen molar-refractivity contribution in [3.05, 3.63) is 59.2 Å². The number of halogens is 4. The molecule has 12 heteroatoms. The minimum Gasteiger partial charge on any atom is -0.406 e. The molecule has 198 valence electrons. The summed E-state index contributed by atoms with van der Waals surface area (Å²) in [5.74, 6) is -1.23. The lowest BCUT2D eigenvalue weighted by Crippen LogP contribution is -2.20. The van der Waals surface area contributed by atoms with Crippen molar-refractivity contribution in [3.63, 3.8) is 0 Å². The highest BCUT2D eigenvalue weighted by Crippen LogP contribution is 2.40. The minimum atomic E-state index is -4.93. The van der Waals surface area contributed by atoms with Gasteiger partial charge in [0, 0.05) is 35.9 Å². The molecule has 0 bridgehead atoms. The van der Waals surface area contributed by atoms with Crippen LogP contribution in [0.1, 0.15) is 66.5 Å². The van der Waals surface area contributed by atoms with Crippen molar-refractivity contribution in [3.8, 4) is 17.0 Å². The molecule has 3 aromatic heterocycles. The molecule has 2 fully saturated rings. The zero-order valence-electron chi connectivity index (χ0n) is 20.7. The zero-order valence-corrected chi connectivity index (χ0v) is 20.7. The topological polar surface area (TPSA) is 87.8 Å². The molecule has 0 radical (unpaired) electrons. The van der Waals surface area contributed by atoms with Crippen LogP contribution in [0, 0.1) is 19.7 Å². The molecule has 1 aliphatic carbocycles. The van der Waals surface area contributed by atoms with Crippen molar-refractivity contribution in [2.75, 3.05) is 6.61 Å².